The van der Waals surface area contributed by atoms with Crippen molar-refractivity contribution in [1.82, 2.24) is 14.7 Å². The van der Waals surface area contributed by atoms with Crippen molar-refractivity contribution < 1.29 is 4.52 Å². The van der Waals surface area contributed by atoms with E-state index in [2.05, 4.69) is 10.1 Å². The van der Waals surface area contributed by atoms with Gasteiger partial charge in [-0.25, -0.2) is 4.98 Å². The van der Waals surface area contributed by atoms with Crippen LogP contribution in [0.1, 0.15) is 5.82 Å². The van der Waals surface area contributed by atoms with Crippen LogP contribution in [0.5, 0.6) is 0 Å². The van der Waals surface area contributed by atoms with Crippen molar-refractivity contribution in [3.63, 3.8) is 0 Å². The summed E-state index contributed by atoms with van der Waals surface area (Å²) in [5.41, 5.74) is 8.45. The first-order valence-electron chi connectivity index (χ1n) is 5.31. The number of hydrogen-bond donors (Lipinski definition) is 1. The molecule has 5 heteroatoms. The quantitative estimate of drug-likeness (QED) is 0.692. The van der Waals surface area contributed by atoms with Gasteiger partial charge < -0.3 is 14.8 Å². The number of fused-ring (bicyclic) bond motifs is 1. The van der Waals surface area contributed by atoms with E-state index >= 15 is 0 Å². The first-order chi connectivity index (χ1) is 8.16. The third-order valence-electron chi connectivity index (χ3n) is 2.93. The van der Waals surface area contributed by atoms with Crippen molar-refractivity contribution in [2.75, 3.05) is 5.73 Å². The zero-order valence-electron chi connectivity index (χ0n) is 9.64. The van der Waals surface area contributed by atoms with Crippen molar-refractivity contribution in [1.29, 1.82) is 0 Å². The molecule has 0 spiro atoms. The molecule has 0 aliphatic rings. The van der Waals surface area contributed by atoms with E-state index < -0.39 is 0 Å². The average Bonchev–Trinajstić information content (AvgIpc) is 2.85. The smallest absolute Gasteiger partial charge is 0.171 e. The van der Waals surface area contributed by atoms with Gasteiger partial charge in [0.05, 0.1) is 11.0 Å². The minimum absolute atomic E-state index is 0.379. The Kier molecular flexibility index (Phi) is 1.95. The first-order valence-corrected chi connectivity index (χ1v) is 5.31. The van der Waals surface area contributed by atoms with Crippen LogP contribution in [-0.4, -0.2) is 14.7 Å². The van der Waals surface area contributed by atoms with Gasteiger partial charge in [0, 0.05) is 18.7 Å². The highest BCUT2D eigenvalue weighted by molar-refractivity contribution is 5.91. The summed E-state index contributed by atoms with van der Waals surface area (Å²) in [6.07, 6.45) is 0. The van der Waals surface area contributed by atoms with Gasteiger partial charge in [0.25, 0.3) is 0 Å². The molecule has 0 atom stereocenters. The van der Waals surface area contributed by atoms with Gasteiger partial charge >= 0.3 is 0 Å². The van der Waals surface area contributed by atoms with Gasteiger partial charge in [-0.1, -0.05) is 11.2 Å². The van der Waals surface area contributed by atoms with Crippen LogP contribution in [0.15, 0.2) is 28.8 Å². The second kappa shape index (κ2) is 3.35. The minimum Gasteiger partial charge on any atom is -0.381 e. The number of rotatable bonds is 1. The van der Waals surface area contributed by atoms with Crippen LogP contribution in [-0.2, 0) is 7.05 Å². The number of anilines is 1. The minimum atomic E-state index is 0.379. The van der Waals surface area contributed by atoms with Crippen molar-refractivity contribution in [3.8, 4) is 11.3 Å². The van der Waals surface area contributed by atoms with Crippen LogP contribution >= 0.6 is 0 Å². The fourth-order valence-corrected chi connectivity index (χ4v) is 1.95. The van der Waals surface area contributed by atoms with Crippen molar-refractivity contribution in [2.45, 2.75) is 6.92 Å². The first kappa shape index (κ1) is 9.89. The van der Waals surface area contributed by atoms with Gasteiger partial charge in [-0.3, -0.25) is 0 Å². The largest absolute Gasteiger partial charge is 0.381 e. The van der Waals surface area contributed by atoms with E-state index in [1.165, 1.54) is 0 Å². The van der Waals surface area contributed by atoms with Crippen LogP contribution < -0.4 is 5.73 Å². The highest BCUT2D eigenvalue weighted by Crippen LogP contribution is 2.29. The molecule has 1 aromatic carbocycles. The lowest BCUT2D eigenvalue weighted by molar-refractivity contribution is 0.436. The number of nitrogens with two attached hydrogens (primary N) is 1. The molecule has 86 valence electrons. The Hall–Kier alpha value is -2.30. The SMILES string of the molecule is Cc1nc2c(-c3cc(N)no3)cccc2n1C. The predicted octanol–water partition coefficient (Wildman–Crippen LogP) is 2.12. The maximum atomic E-state index is 5.56. The number of benzene rings is 1. The predicted molar refractivity (Wildman–Crippen MR) is 65.4 cm³/mol. The van der Waals surface area contributed by atoms with Crippen LogP contribution in [0.2, 0.25) is 0 Å². The van der Waals surface area contributed by atoms with E-state index in [0.717, 1.165) is 22.4 Å². The summed E-state index contributed by atoms with van der Waals surface area (Å²) < 4.78 is 7.22. The summed E-state index contributed by atoms with van der Waals surface area (Å²) in [6.45, 7) is 1.97. The summed E-state index contributed by atoms with van der Waals surface area (Å²) in [7, 11) is 1.99. The zero-order chi connectivity index (χ0) is 12.0. The van der Waals surface area contributed by atoms with E-state index in [1.54, 1.807) is 6.07 Å². The third-order valence-corrected chi connectivity index (χ3v) is 2.93. The van der Waals surface area contributed by atoms with Crippen LogP contribution in [0.3, 0.4) is 0 Å². The number of aryl methyl sites for hydroxylation is 2. The Bertz CT molecular complexity index is 696. The van der Waals surface area contributed by atoms with E-state index in [4.69, 9.17) is 10.3 Å². The molecule has 2 aromatic heterocycles. The highest BCUT2D eigenvalue weighted by Gasteiger charge is 2.13. The molecule has 2 N–H and O–H groups in total. The second-order valence-corrected chi connectivity index (χ2v) is 4.01. The van der Waals surface area contributed by atoms with Crippen molar-refractivity contribution in [2.24, 2.45) is 7.05 Å². The summed E-state index contributed by atoms with van der Waals surface area (Å²) in [6, 6.07) is 7.66. The van der Waals surface area contributed by atoms with E-state index in [9.17, 15) is 0 Å². The van der Waals surface area contributed by atoms with Gasteiger partial charge in [-0.15, -0.1) is 0 Å². The molecule has 5 nitrogen and oxygen atoms in total. The number of nitrogens with zero attached hydrogens (tertiary/aromatic N) is 3. The third kappa shape index (κ3) is 1.39. The standard InChI is InChI=1S/C12H12N4O/c1-7-14-12-8(10-6-11(13)15-17-10)4-3-5-9(12)16(7)2/h3-6H,1-2H3,(H2,13,15). The molecule has 0 fully saturated rings. The summed E-state index contributed by atoms with van der Waals surface area (Å²) in [5.74, 6) is 1.98. The second-order valence-electron chi connectivity index (χ2n) is 4.01. The molecular formula is C12H12N4O. The van der Waals surface area contributed by atoms with Crippen LogP contribution in [0.25, 0.3) is 22.4 Å². The molecule has 2 heterocycles. The van der Waals surface area contributed by atoms with Gasteiger partial charge in [-0.2, -0.15) is 0 Å². The number of hydrogen-bond acceptors (Lipinski definition) is 4. The number of nitrogen functional groups attached to an aromatic ring is 1. The number of para-hydroxylation sites is 1. The Morgan fingerprint density at radius 1 is 1.35 bits per heavy atom. The van der Waals surface area contributed by atoms with Crippen molar-refractivity contribution >= 4 is 16.9 Å². The average molecular weight is 228 g/mol. The lowest BCUT2D eigenvalue weighted by Crippen LogP contribution is -1.89. The molecular weight excluding hydrogens is 216 g/mol. The molecule has 0 saturated heterocycles. The zero-order valence-corrected chi connectivity index (χ0v) is 9.64. The molecule has 0 saturated carbocycles. The molecule has 3 rings (SSSR count). The summed E-state index contributed by atoms with van der Waals surface area (Å²) in [4.78, 5) is 4.53. The Morgan fingerprint density at radius 2 is 2.18 bits per heavy atom. The molecule has 0 amide bonds. The highest BCUT2D eigenvalue weighted by atomic mass is 16.5. The molecule has 3 aromatic rings. The van der Waals surface area contributed by atoms with Gasteiger partial charge in [0.15, 0.2) is 11.6 Å². The van der Waals surface area contributed by atoms with E-state index in [1.807, 2.05) is 36.7 Å². The maximum Gasteiger partial charge on any atom is 0.171 e. The monoisotopic (exact) mass is 228 g/mol. The molecule has 17 heavy (non-hydrogen) atoms. The van der Waals surface area contributed by atoms with Crippen LogP contribution in [0.4, 0.5) is 5.82 Å². The molecule has 0 radical (unpaired) electrons. The number of aromatic nitrogens is 3. The van der Waals surface area contributed by atoms with E-state index in [0.29, 0.717) is 11.6 Å². The van der Waals surface area contributed by atoms with E-state index in [-0.39, 0.29) is 0 Å². The lowest BCUT2D eigenvalue weighted by Gasteiger charge is -1.98. The molecule has 0 aliphatic heterocycles. The fraction of sp³-hybridized carbons (Fsp3) is 0.167. The Balaban J connectivity index is 2.33. The Morgan fingerprint density at radius 3 is 2.88 bits per heavy atom. The molecule has 0 bridgehead atoms. The van der Waals surface area contributed by atoms with Gasteiger partial charge in [0.2, 0.25) is 0 Å². The van der Waals surface area contributed by atoms with Gasteiger partial charge in [-0.05, 0) is 19.1 Å². The maximum absolute atomic E-state index is 5.56. The summed E-state index contributed by atoms with van der Waals surface area (Å²) >= 11 is 0. The fourth-order valence-electron chi connectivity index (χ4n) is 1.95. The molecule has 0 unspecified atom stereocenters. The number of imidazole rings is 1. The van der Waals surface area contributed by atoms with Gasteiger partial charge in [0.1, 0.15) is 5.82 Å². The topological polar surface area (TPSA) is 69.9 Å². The normalized spacial score (nSPS) is 11.2. The van der Waals surface area contributed by atoms with Crippen LogP contribution in [0, 0.1) is 6.92 Å². The Labute approximate surface area is 97.8 Å². The van der Waals surface area contributed by atoms with Crippen molar-refractivity contribution in [3.05, 3.63) is 30.1 Å². The molecule has 0 aliphatic carbocycles. The summed E-state index contributed by atoms with van der Waals surface area (Å²) in [5, 5.41) is 3.70. The lowest BCUT2D eigenvalue weighted by atomic mass is 10.1.